The number of hydrogen-bond donors (Lipinski definition) is 1. The Balaban J connectivity index is 2.16. The molecule has 1 heterocycles. The van der Waals surface area contributed by atoms with E-state index in [1.165, 1.54) is 18.4 Å². The van der Waals surface area contributed by atoms with E-state index in [2.05, 4.69) is 11.4 Å². The van der Waals surface area contributed by atoms with Gasteiger partial charge < -0.3 is 9.88 Å². The zero-order chi connectivity index (χ0) is 16.3. The van der Waals surface area contributed by atoms with Gasteiger partial charge in [-0.05, 0) is 29.8 Å². The van der Waals surface area contributed by atoms with E-state index in [0.29, 0.717) is 17.9 Å². The summed E-state index contributed by atoms with van der Waals surface area (Å²) in [7, 11) is 1.37. The fourth-order valence-electron chi connectivity index (χ4n) is 2.02. The first-order chi connectivity index (χ1) is 10.3. The topological polar surface area (TPSA) is 78.1 Å². The second-order valence-corrected chi connectivity index (χ2v) is 7.28. The number of nitrogens with zero attached hydrogens (tertiary/aromatic N) is 3. The SMILES string of the molecule is CN(C)S(=O)(=O)c1cccc(NCc2cc(C#N)n(C)c2)c1. The molecule has 0 saturated heterocycles. The minimum atomic E-state index is -3.44. The lowest BCUT2D eigenvalue weighted by molar-refractivity contribution is 0.521. The Morgan fingerprint density at radius 2 is 2.05 bits per heavy atom. The van der Waals surface area contributed by atoms with Crippen molar-refractivity contribution in [1.82, 2.24) is 8.87 Å². The molecule has 2 rings (SSSR count). The van der Waals surface area contributed by atoms with Crippen LogP contribution in [0.15, 0.2) is 41.4 Å². The van der Waals surface area contributed by atoms with E-state index in [-0.39, 0.29) is 4.90 Å². The van der Waals surface area contributed by atoms with Crippen molar-refractivity contribution in [2.45, 2.75) is 11.4 Å². The van der Waals surface area contributed by atoms with Gasteiger partial charge in [0, 0.05) is 39.6 Å². The van der Waals surface area contributed by atoms with Gasteiger partial charge in [-0.15, -0.1) is 0 Å². The normalized spacial score (nSPS) is 11.4. The molecule has 0 bridgehead atoms. The van der Waals surface area contributed by atoms with Gasteiger partial charge in [-0.2, -0.15) is 5.26 Å². The number of hydrogen-bond acceptors (Lipinski definition) is 4. The van der Waals surface area contributed by atoms with Gasteiger partial charge in [0.05, 0.1) is 4.90 Å². The zero-order valence-electron chi connectivity index (χ0n) is 12.7. The van der Waals surface area contributed by atoms with Crippen molar-refractivity contribution in [2.24, 2.45) is 7.05 Å². The van der Waals surface area contributed by atoms with Crippen molar-refractivity contribution < 1.29 is 8.42 Å². The van der Waals surface area contributed by atoms with E-state index in [1.807, 2.05) is 19.3 Å². The quantitative estimate of drug-likeness (QED) is 0.911. The minimum absolute atomic E-state index is 0.244. The monoisotopic (exact) mass is 318 g/mol. The number of anilines is 1. The van der Waals surface area contributed by atoms with Crippen molar-refractivity contribution >= 4 is 15.7 Å². The van der Waals surface area contributed by atoms with Crippen LogP contribution in [0.3, 0.4) is 0 Å². The van der Waals surface area contributed by atoms with Crippen LogP contribution < -0.4 is 5.32 Å². The molecule has 0 fully saturated rings. The Kier molecular flexibility index (Phi) is 4.54. The van der Waals surface area contributed by atoms with Crippen molar-refractivity contribution in [2.75, 3.05) is 19.4 Å². The average molecular weight is 318 g/mol. The van der Waals surface area contributed by atoms with Crippen LogP contribution in [-0.4, -0.2) is 31.4 Å². The molecule has 1 N–H and O–H groups in total. The first kappa shape index (κ1) is 16.1. The lowest BCUT2D eigenvalue weighted by Gasteiger charge is -2.12. The summed E-state index contributed by atoms with van der Waals surface area (Å²) in [4.78, 5) is 0.244. The Bertz CT molecular complexity index is 816. The highest BCUT2D eigenvalue weighted by atomic mass is 32.2. The molecule has 0 aliphatic carbocycles. The smallest absolute Gasteiger partial charge is 0.242 e. The lowest BCUT2D eigenvalue weighted by atomic mass is 10.3. The highest BCUT2D eigenvalue weighted by Gasteiger charge is 2.17. The molecule has 0 aliphatic heterocycles. The van der Waals surface area contributed by atoms with E-state index < -0.39 is 10.0 Å². The third-order valence-electron chi connectivity index (χ3n) is 3.29. The summed E-state index contributed by atoms with van der Waals surface area (Å²) in [6, 6.07) is 10.6. The number of benzene rings is 1. The van der Waals surface area contributed by atoms with Gasteiger partial charge in [-0.1, -0.05) is 6.07 Å². The van der Waals surface area contributed by atoms with Crippen LogP contribution in [0.5, 0.6) is 0 Å². The predicted molar refractivity (Wildman–Crippen MR) is 84.8 cm³/mol. The fourth-order valence-corrected chi connectivity index (χ4v) is 2.97. The van der Waals surface area contributed by atoms with Crippen LogP contribution in [0, 0.1) is 11.3 Å². The summed E-state index contributed by atoms with van der Waals surface area (Å²) >= 11 is 0. The molecular formula is C15H18N4O2S. The number of nitriles is 1. The summed E-state index contributed by atoms with van der Waals surface area (Å²) in [5, 5.41) is 12.1. The largest absolute Gasteiger partial charge is 0.381 e. The maximum atomic E-state index is 12.1. The maximum Gasteiger partial charge on any atom is 0.242 e. The number of rotatable bonds is 5. The van der Waals surface area contributed by atoms with Gasteiger partial charge in [0.1, 0.15) is 11.8 Å². The number of aryl methyl sites for hydroxylation is 1. The molecule has 116 valence electrons. The second kappa shape index (κ2) is 6.22. The molecule has 22 heavy (non-hydrogen) atoms. The van der Waals surface area contributed by atoms with Gasteiger partial charge in [0.2, 0.25) is 10.0 Å². The summed E-state index contributed by atoms with van der Waals surface area (Å²) in [5.41, 5.74) is 2.26. The molecule has 0 saturated carbocycles. The highest BCUT2D eigenvalue weighted by Crippen LogP contribution is 2.18. The first-order valence-electron chi connectivity index (χ1n) is 6.66. The average Bonchev–Trinajstić information content (AvgIpc) is 2.85. The molecule has 1 aromatic heterocycles. The van der Waals surface area contributed by atoms with Crippen molar-refractivity contribution in [3.63, 3.8) is 0 Å². The molecular weight excluding hydrogens is 300 g/mol. The van der Waals surface area contributed by atoms with Gasteiger partial charge in [-0.3, -0.25) is 0 Å². The van der Waals surface area contributed by atoms with E-state index in [0.717, 1.165) is 5.56 Å². The second-order valence-electron chi connectivity index (χ2n) is 5.13. The number of aromatic nitrogens is 1. The van der Waals surface area contributed by atoms with Gasteiger partial charge in [0.15, 0.2) is 0 Å². The van der Waals surface area contributed by atoms with Gasteiger partial charge in [0.25, 0.3) is 0 Å². The Labute approximate surface area is 130 Å². The maximum absolute atomic E-state index is 12.1. The third-order valence-corrected chi connectivity index (χ3v) is 5.10. The van der Waals surface area contributed by atoms with E-state index in [4.69, 9.17) is 5.26 Å². The van der Waals surface area contributed by atoms with E-state index in [1.54, 1.807) is 28.8 Å². The van der Waals surface area contributed by atoms with Crippen molar-refractivity contribution in [3.8, 4) is 6.07 Å². The molecule has 1 aromatic carbocycles. The number of nitrogens with one attached hydrogen (secondary N) is 1. The van der Waals surface area contributed by atoms with Crippen molar-refractivity contribution in [3.05, 3.63) is 47.8 Å². The standard InChI is InChI=1S/C15H18N4O2S/c1-18(2)22(20,21)15-6-4-5-13(8-15)17-10-12-7-14(9-16)19(3)11-12/h4-8,11,17H,10H2,1-3H3. The summed E-state index contributed by atoms with van der Waals surface area (Å²) in [5.74, 6) is 0. The van der Waals surface area contributed by atoms with E-state index in [9.17, 15) is 8.42 Å². The van der Waals surface area contributed by atoms with Crippen LogP contribution >= 0.6 is 0 Å². The zero-order valence-corrected chi connectivity index (χ0v) is 13.6. The Hall–Kier alpha value is -2.30. The summed E-state index contributed by atoms with van der Waals surface area (Å²) in [6.45, 7) is 0.515. The molecule has 6 nitrogen and oxygen atoms in total. The number of sulfonamides is 1. The third kappa shape index (κ3) is 3.30. The van der Waals surface area contributed by atoms with Crippen molar-refractivity contribution in [1.29, 1.82) is 5.26 Å². The van der Waals surface area contributed by atoms with Crippen LogP contribution in [0.2, 0.25) is 0 Å². The Morgan fingerprint density at radius 3 is 2.64 bits per heavy atom. The highest BCUT2D eigenvalue weighted by molar-refractivity contribution is 7.89. The van der Waals surface area contributed by atoms with Crippen LogP contribution in [0.1, 0.15) is 11.3 Å². The fraction of sp³-hybridized carbons (Fsp3) is 0.267. The molecule has 7 heteroatoms. The first-order valence-corrected chi connectivity index (χ1v) is 8.10. The molecule has 0 atom stereocenters. The predicted octanol–water partition coefficient (Wildman–Crippen LogP) is 1.76. The molecule has 0 aliphatic rings. The van der Waals surface area contributed by atoms with Crippen LogP contribution in [0.25, 0.3) is 0 Å². The molecule has 0 unspecified atom stereocenters. The van der Waals surface area contributed by atoms with Crippen LogP contribution in [0.4, 0.5) is 5.69 Å². The molecule has 2 aromatic rings. The molecule has 0 radical (unpaired) electrons. The van der Waals surface area contributed by atoms with Crippen LogP contribution in [-0.2, 0) is 23.6 Å². The van der Waals surface area contributed by atoms with Gasteiger partial charge >= 0.3 is 0 Å². The van der Waals surface area contributed by atoms with Gasteiger partial charge in [-0.25, -0.2) is 12.7 Å². The Morgan fingerprint density at radius 1 is 1.32 bits per heavy atom. The summed E-state index contributed by atoms with van der Waals surface area (Å²) in [6.07, 6.45) is 1.87. The lowest BCUT2D eigenvalue weighted by Crippen LogP contribution is -2.22. The minimum Gasteiger partial charge on any atom is -0.381 e. The van der Waals surface area contributed by atoms with E-state index >= 15 is 0 Å². The summed E-state index contributed by atoms with van der Waals surface area (Å²) < 4.78 is 27.1. The molecule has 0 amide bonds. The molecule has 0 spiro atoms.